The number of hydrogen-bond acceptors (Lipinski definition) is 2. The summed E-state index contributed by atoms with van der Waals surface area (Å²) >= 11 is 0. The first-order valence-electron chi connectivity index (χ1n) is 4.99. The summed E-state index contributed by atoms with van der Waals surface area (Å²) in [7, 11) is 0. The molecule has 1 aliphatic rings. The van der Waals surface area contributed by atoms with E-state index in [-0.39, 0.29) is 5.92 Å². The summed E-state index contributed by atoms with van der Waals surface area (Å²) in [6.45, 7) is 4.22. The Labute approximate surface area is 79.3 Å². The van der Waals surface area contributed by atoms with E-state index >= 15 is 0 Å². The highest BCUT2D eigenvalue weighted by Gasteiger charge is 2.45. The maximum absolute atomic E-state index is 11.0. The average molecular weight is 185 g/mol. The van der Waals surface area contributed by atoms with Crippen molar-refractivity contribution in [3.05, 3.63) is 0 Å². The highest BCUT2D eigenvalue weighted by atomic mass is 16.4. The fraction of sp³-hybridized carbons (Fsp3) is 0.900. The first kappa shape index (κ1) is 10.5. The number of carbonyl (C=O) groups is 1. The second-order valence-electron chi connectivity index (χ2n) is 4.56. The minimum Gasteiger partial charge on any atom is -0.480 e. The van der Waals surface area contributed by atoms with Crippen LogP contribution in [-0.4, -0.2) is 16.6 Å². The monoisotopic (exact) mass is 185 g/mol. The van der Waals surface area contributed by atoms with Crippen LogP contribution in [0.15, 0.2) is 0 Å². The molecule has 3 nitrogen and oxygen atoms in total. The van der Waals surface area contributed by atoms with Gasteiger partial charge >= 0.3 is 5.97 Å². The normalized spacial score (nSPS) is 34.0. The molecule has 0 spiro atoms. The van der Waals surface area contributed by atoms with E-state index in [1.807, 2.05) is 0 Å². The third-order valence-electron chi connectivity index (χ3n) is 3.03. The molecule has 1 saturated carbocycles. The lowest BCUT2D eigenvalue weighted by Crippen LogP contribution is -2.51. The van der Waals surface area contributed by atoms with Gasteiger partial charge in [-0.05, 0) is 31.1 Å². The van der Waals surface area contributed by atoms with Gasteiger partial charge in [0.15, 0.2) is 0 Å². The number of aliphatic carboxylic acids is 1. The Bertz CT molecular complexity index is 203. The van der Waals surface area contributed by atoms with E-state index in [4.69, 9.17) is 10.8 Å². The summed E-state index contributed by atoms with van der Waals surface area (Å²) in [5.41, 5.74) is 4.95. The molecule has 1 aliphatic carbocycles. The SMILES string of the molecule is CC(C)C[C@@H]1CCC[C@@]1(N)C(=O)O. The average Bonchev–Trinajstić information content (AvgIpc) is 2.33. The standard InChI is InChI=1S/C10H19NO2/c1-7(2)6-8-4-3-5-10(8,11)9(12)13/h7-8H,3-6,11H2,1-2H3,(H,12,13)/t8-,10-/m0/s1. The van der Waals surface area contributed by atoms with E-state index < -0.39 is 11.5 Å². The lowest BCUT2D eigenvalue weighted by molar-refractivity contribution is -0.145. The predicted octanol–water partition coefficient (Wildman–Crippen LogP) is 1.61. The van der Waals surface area contributed by atoms with Crippen LogP contribution in [0.3, 0.4) is 0 Å². The molecule has 0 saturated heterocycles. The largest absolute Gasteiger partial charge is 0.480 e. The number of carboxylic acids is 1. The maximum Gasteiger partial charge on any atom is 0.323 e. The highest BCUT2D eigenvalue weighted by Crippen LogP contribution is 2.37. The zero-order chi connectivity index (χ0) is 10.1. The topological polar surface area (TPSA) is 63.3 Å². The smallest absolute Gasteiger partial charge is 0.323 e. The minimum atomic E-state index is -0.940. The molecule has 0 unspecified atom stereocenters. The predicted molar refractivity (Wildman–Crippen MR) is 51.4 cm³/mol. The van der Waals surface area contributed by atoms with Crippen molar-refractivity contribution in [2.75, 3.05) is 0 Å². The van der Waals surface area contributed by atoms with Gasteiger partial charge in [-0.25, -0.2) is 0 Å². The highest BCUT2D eigenvalue weighted by molar-refractivity contribution is 5.79. The lowest BCUT2D eigenvalue weighted by Gasteiger charge is -2.27. The van der Waals surface area contributed by atoms with Crippen LogP contribution in [0.25, 0.3) is 0 Å². The molecule has 0 aromatic heterocycles. The molecule has 3 N–H and O–H groups in total. The summed E-state index contributed by atoms with van der Waals surface area (Å²) in [5.74, 6) is -0.119. The first-order chi connectivity index (χ1) is 5.97. The van der Waals surface area contributed by atoms with Gasteiger partial charge in [0.2, 0.25) is 0 Å². The van der Waals surface area contributed by atoms with Gasteiger partial charge in [-0.3, -0.25) is 4.79 Å². The molecule has 0 radical (unpaired) electrons. The zero-order valence-corrected chi connectivity index (χ0v) is 8.42. The summed E-state index contributed by atoms with van der Waals surface area (Å²) in [6, 6.07) is 0. The van der Waals surface area contributed by atoms with Crippen molar-refractivity contribution in [1.82, 2.24) is 0 Å². The quantitative estimate of drug-likeness (QED) is 0.702. The molecule has 1 fully saturated rings. The molecule has 3 heteroatoms. The van der Waals surface area contributed by atoms with Crippen molar-refractivity contribution < 1.29 is 9.90 Å². The summed E-state index contributed by atoms with van der Waals surface area (Å²) < 4.78 is 0. The van der Waals surface area contributed by atoms with Crippen molar-refractivity contribution in [3.8, 4) is 0 Å². The molecular formula is C10H19NO2. The van der Waals surface area contributed by atoms with E-state index in [1.165, 1.54) is 0 Å². The molecule has 0 aromatic rings. The van der Waals surface area contributed by atoms with Gasteiger partial charge in [0, 0.05) is 0 Å². The molecule has 0 heterocycles. The fourth-order valence-corrected chi connectivity index (χ4v) is 2.28. The Kier molecular flexibility index (Phi) is 2.96. The van der Waals surface area contributed by atoms with Gasteiger partial charge in [0.1, 0.15) is 5.54 Å². The van der Waals surface area contributed by atoms with Gasteiger partial charge in [0.05, 0.1) is 0 Å². The zero-order valence-electron chi connectivity index (χ0n) is 8.42. The maximum atomic E-state index is 11.0. The van der Waals surface area contributed by atoms with Gasteiger partial charge in [-0.15, -0.1) is 0 Å². The van der Waals surface area contributed by atoms with Crippen molar-refractivity contribution in [3.63, 3.8) is 0 Å². The molecule has 2 atom stereocenters. The third kappa shape index (κ3) is 2.02. The molecule has 1 rings (SSSR count). The second-order valence-corrected chi connectivity index (χ2v) is 4.56. The Morgan fingerprint density at radius 2 is 2.31 bits per heavy atom. The van der Waals surface area contributed by atoms with Crippen LogP contribution >= 0.6 is 0 Å². The summed E-state index contributed by atoms with van der Waals surface area (Å²) in [5, 5.41) is 9.03. The Morgan fingerprint density at radius 3 is 2.77 bits per heavy atom. The van der Waals surface area contributed by atoms with Gasteiger partial charge in [-0.2, -0.15) is 0 Å². The molecular weight excluding hydrogens is 166 g/mol. The number of rotatable bonds is 3. The van der Waals surface area contributed by atoms with Crippen molar-refractivity contribution in [2.45, 2.75) is 45.1 Å². The molecule has 0 amide bonds. The molecule has 0 aliphatic heterocycles. The van der Waals surface area contributed by atoms with Crippen LogP contribution in [0.1, 0.15) is 39.5 Å². The van der Waals surface area contributed by atoms with Crippen molar-refractivity contribution >= 4 is 5.97 Å². The number of nitrogens with two attached hydrogens (primary N) is 1. The van der Waals surface area contributed by atoms with Crippen LogP contribution in [0.4, 0.5) is 0 Å². The third-order valence-corrected chi connectivity index (χ3v) is 3.03. The molecule has 0 aromatic carbocycles. The van der Waals surface area contributed by atoms with E-state index in [0.717, 1.165) is 19.3 Å². The van der Waals surface area contributed by atoms with Gasteiger partial charge < -0.3 is 10.8 Å². The van der Waals surface area contributed by atoms with Crippen LogP contribution in [0.2, 0.25) is 0 Å². The number of carboxylic acid groups (broad SMARTS) is 1. The van der Waals surface area contributed by atoms with E-state index in [0.29, 0.717) is 12.3 Å². The van der Waals surface area contributed by atoms with Crippen LogP contribution in [0, 0.1) is 11.8 Å². The fourth-order valence-electron chi connectivity index (χ4n) is 2.28. The van der Waals surface area contributed by atoms with Crippen molar-refractivity contribution in [1.29, 1.82) is 0 Å². The molecule has 13 heavy (non-hydrogen) atoms. The van der Waals surface area contributed by atoms with E-state index in [9.17, 15) is 4.79 Å². The Hall–Kier alpha value is -0.570. The first-order valence-corrected chi connectivity index (χ1v) is 4.99. The van der Waals surface area contributed by atoms with Crippen LogP contribution in [-0.2, 0) is 4.79 Å². The summed E-state index contributed by atoms with van der Waals surface area (Å²) in [4.78, 5) is 11.0. The minimum absolute atomic E-state index is 0.171. The Balaban J connectivity index is 2.68. The van der Waals surface area contributed by atoms with Crippen LogP contribution in [0.5, 0.6) is 0 Å². The molecule has 0 bridgehead atoms. The van der Waals surface area contributed by atoms with E-state index in [1.54, 1.807) is 0 Å². The molecule has 76 valence electrons. The van der Waals surface area contributed by atoms with Crippen molar-refractivity contribution in [2.24, 2.45) is 17.6 Å². The second kappa shape index (κ2) is 3.66. The van der Waals surface area contributed by atoms with Gasteiger partial charge in [-0.1, -0.05) is 20.3 Å². The van der Waals surface area contributed by atoms with E-state index in [2.05, 4.69) is 13.8 Å². The number of hydrogen-bond donors (Lipinski definition) is 2. The summed E-state index contributed by atoms with van der Waals surface area (Å²) in [6.07, 6.45) is 3.50. The Morgan fingerprint density at radius 1 is 1.69 bits per heavy atom. The van der Waals surface area contributed by atoms with Crippen LogP contribution < -0.4 is 5.73 Å². The van der Waals surface area contributed by atoms with Gasteiger partial charge in [0.25, 0.3) is 0 Å². The lowest BCUT2D eigenvalue weighted by atomic mass is 9.82.